The molecule has 0 fully saturated rings. The maximum absolute atomic E-state index is 12.9. The number of hydrogen-bond acceptors (Lipinski definition) is 7. The number of rotatable bonds is 5. The van der Waals surface area contributed by atoms with E-state index in [0.29, 0.717) is 6.20 Å². The fraction of sp³-hybridized carbons (Fsp3) is 0.250. The van der Waals surface area contributed by atoms with E-state index in [2.05, 4.69) is 9.97 Å². The van der Waals surface area contributed by atoms with E-state index in [9.17, 15) is 35.9 Å². The van der Waals surface area contributed by atoms with Crippen molar-refractivity contribution in [3.63, 3.8) is 0 Å². The third kappa shape index (κ3) is 5.24. The molecule has 0 saturated carbocycles. The van der Waals surface area contributed by atoms with Crippen LogP contribution in [0.25, 0.3) is 0 Å². The average Bonchev–Trinajstić information content (AvgIpc) is 2.60. The topological polar surface area (TPSA) is 133 Å². The number of amides is 1. The number of alkyl halides is 3. The summed E-state index contributed by atoms with van der Waals surface area (Å²) in [6.45, 7) is 0.825. The van der Waals surface area contributed by atoms with Crippen LogP contribution in [0.5, 0.6) is 0 Å². The summed E-state index contributed by atoms with van der Waals surface area (Å²) < 4.78 is 76.3. The van der Waals surface area contributed by atoms with Gasteiger partial charge >= 0.3 is 6.18 Å². The zero-order valence-electron chi connectivity index (χ0n) is 14.5. The van der Waals surface area contributed by atoms with Crippen LogP contribution >= 0.6 is 0 Å². The molecule has 13 heteroatoms. The molecule has 0 bridgehead atoms. The molecule has 0 aliphatic heterocycles. The highest BCUT2D eigenvalue weighted by Gasteiger charge is 2.39. The number of nitriles is 1. The largest absolute Gasteiger partial charge is 0.436 e. The van der Waals surface area contributed by atoms with E-state index < -0.39 is 56.3 Å². The molecular weight excluding hydrogens is 420 g/mol. The minimum absolute atomic E-state index is 0.371. The average molecular weight is 432 g/mol. The lowest BCUT2D eigenvalue weighted by Crippen LogP contribution is -2.46. The van der Waals surface area contributed by atoms with Crippen LogP contribution < -0.4 is 5.32 Å². The Hall–Kier alpha value is -3.11. The maximum Gasteiger partial charge on any atom is 0.436 e. The zero-order valence-corrected chi connectivity index (χ0v) is 15.3. The molecule has 29 heavy (non-hydrogen) atoms. The molecule has 0 radical (unpaired) electrons. The summed E-state index contributed by atoms with van der Waals surface area (Å²) in [7, 11) is -4.25. The van der Waals surface area contributed by atoms with Gasteiger partial charge in [0.05, 0.1) is 16.8 Å². The SMILES string of the molecule is C[C@](O)(CS(=O)(=O)c1ccc(F)cc1)C(=O)Nc1cnc(C#N)c(C(F)(F)F)n1. The smallest absolute Gasteiger partial charge is 0.379 e. The molecule has 1 aromatic carbocycles. The molecule has 0 aliphatic carbocycles. The number of nitrogens with one attached hydrogen (secondary N) is 1. The van der Waals surface area contributed by atoms with Crippen LogP contribution in [0.3, 0.4) is 0 Å². The van der Waals surface area contributed by atoms with Crippen molar-refractivity contribution in [1.29, 1.82) is 5.26 Å². The Morgan fingerprint density at radius 3 is 2.38 bits per heavy atom. The maximum atomic E-state index is 12.9. The number of halogens is 4. The van der Waals surface area contributed by atoms with Gasteiger partial charge in [0.15, 0.2) is 32.6 Å². The number of carbonyl (C=O) groups excluding carboxylic acids is 1. The summed E-state index contributed by atoms with van der Waals surface area (Å²) in [4.78, 5) is 18.2. The number of nitrogens with zero attached hydrogens (tertiary/aromatic N) is 3. The van der Waals surface area contributed by atoms with Crippen molar-refractivity contribution in [2.75, 3.05) is 11.1 Å². The van der Waals surface area contributed by atoms with Crippen molar-refractivity contribution in [2.24, 2.45) is 0 Å². The Kier molecular flexibility index (Phi) is 5.91. The predicted molar refractivity (Wildman–Crippen MR) is 89.5 cm³/mol. The van der Waals surface area contributed by atoms with Crippen molar-refractivity contribution in [1.82, 2.24) is 9.97 Å². The normalized spacial score (nSPS) is 14.0. The van der Waals surface area contributed by atoms with Gasteiger partial charge in [-0.1, -0.05) is 0 Å². The summed E-state index contributed by atoms with van der Waals surface area (Å²) in [5, 5.41) is 20.7. The van der Waals surface area contributed by atoms with E-state index in [1.165, 1.54) is 6.07 Å². The molecule has 2 N–H and O–H groups in total. The van der Waals surface area contributed by atoms with Crippen LogP contribution in [-0.4, -0.2) is 40.8 Å². The summed E-state index contributed by atoms with van der Waals surface area (Å²) in [5.74, 6) is -3.97. The number of benzene rings is 1. The molecule has 1 heterocycles. The van der Waals surface area contributed by atoms with Gasteiger partial charge in [-0.05, 0) is 31.2 Å². The van der Waals surface area contributed by atoms with E-state index in [1.54, 1.807) is 0 Å². The summed E-state index contributed by atoms with van der Waals surface area (Å²) >= 11 is 0. The Labute approximate surface area is 161 Å². The van der Waals surface area contributed by atoms with E-state index in [1.807, 2.05) is 5.32 Å². The molecule has 2 aromatic rings. The van der Waals surface area contributed by atoms with E-state index in [4.69, 9.17) is 5.26 Å². The van der Waals surface area contributed by atoms with Crippen molar-refractivity contribution >= 4 is 21.6 Å². The number of anilines is 1. The zero-order chi connectivity index (χ0) is 22.0. The molecule has 1 aromatic heterocycles. The van der Waals surface area contributed by atoms with E-state index in [-0.39, 0.29) is 4.90 Å². The van der Waals surface area contributed by atoms with Gasteiger partial charge in [-0.25, -0.2) is 22.8 Å². The number of carbonyl (C=O) groups is 1. The molecule has 0 saturated heterocycles. The van der Waals surface area contributed by atoms with E-state index >= 15 is 0 Å². The summed E-state index contributed by atoms with van der Waals surface area (Å²) in [6, 6.07) is 4.80. The highest BCUT2D eigenvalue weighted by molar-refractivity contribution is 7.91. The first-order valence-electron chi connectivity index (χ1n) is 7.63. The third-order valence-electron chi connectivity index (χ3n) is 3.52. The van der Waals surface area contributed by atoms with Crippen LogP contribution in [0, 0.1) is 17.1 Å². The number of aromatic nitrogens is 2. The van der Waals surface area contributed by atoms with Gasteiger partial charge in [0.1, 0.15) is 11.9 Å². The van der Waals surface area contributed by atoms with Gasteiger partial charge in [0.25, 0.3) is 5.91 Å². The fourth-order valence-corrected chi connectivity index (χ4v) is 3.73. The third-order valence-corrected chi connectivity index (χ3v) is 5.45. The van der Waals surface area contributed by atoms with E-state index in [0.717, 1.165) is 31.2 Å². The first-order chi connectivity index (χ1) is 13.3. The summed E-state index contributed by atoms with van der Waals surface area (Å²) in [5.41, 5.74) is -5.26. The lowest BCUT2D eigenvalue weighted by Gasteiger charge is -2.22. The Morgan fingerprint density at radius 2 is 1.86 bits per heavy atom. The fourth-order valence-electron chi connectivity index (χ4n) is 2.14. The first-order valence-corrected chi connectivity index (χ1v) is 9.28. The second-order valence-electron chi connectivity index (χ2n) is 6.00. The van der Waals surface area contributed by atoms with Gasteiger partial charge in [0.2, 0.25) is 0 Å². The van der Waals surface area contributed by atoms with Crippen molar-refractivity contribution < 1.29 is 35.9 Å². The molecule has 2 rings (SSSR count). The Balaban J connectivity index is 2.25. The van der Waals surface area contributed by atoms with Crippen molar-refractivity contribution in [3.8, 4) is 6.07 Å². The lowest BCUT2D eigenvalue weighted by molar-refractivity contribution is -0.141. The van der Waals surface area contributed by atoms with Crippen LogP contribution in [0.4, 0.5) is 23.4 Å². The molecule has 0 aliphatic rings. The standard InChI is InChI=1S/C16H12F4N4O4S/c1-15(26,8-29(27,28)10-4-2-9(17)3-5-10)14(25)24-12-7-22-11(6-21)13(23-12)16(18,19)20/h2-5,7,26H,8H2,1H3,(H,23,24,25)/t15-/m0/s1. The van der Waals surface area contributed by atoms with Crippen LogP contribution in [0.15, 0.2) is 35.4 Å². The Morgan fingerprint density at radius 1 is 1.28 bits per heavy atom. The number of sulfone groups is 1. The summed E-state index contributed by atoms with van der Waals surface area (Å²) in [6.07, 6.45) is -4.39. The van der Waals surface area contributed by atoms with Crippen LogP contribution in [0.1, 0.15) is 18.3 Å². The minimum atomic E-state index is -5.03. The van der Waals surface area contributed by atoms with Crippen LogP contribution in [0.2, 0.25) is 0 Å². The quantitative estimate of drug-likeness (QED) is 0.542. The second kappa shape index (κ2) is 7.72. The number of hydrogen-bond donors (Lipinski definition) is 2. The van der Waals surface area contributed by atoms with Crippen LogP contribution in [-0.2, 0) is 20.8 Å². The predicted octanol–water partition coefficient (Wildman–Crippen LogP) is 1.67. The first kappa shape index (κ1) is 22.2. The highest BCUT2D eigenvalue weighted by Crippen LogP contribution is 2.30. The van der Waals surface area contributed by atoms with Gasteiger partial charge < -0.3 is 10.4 Å². The van der Waals surface area contributed by atoms with Gasteiger partial charge in [-0.2, -0.15) is 18.4 Å². The van der Waals surface area contributed by atoms with Gasteiger partial charge in [0, 0.05) is 0 Å². The van der Waals surface area contributed by atoms with Crippen molar-refractivity contribution in [3.05, 3.63) is 47.7 Å². The Bertz CT molecular complexity index is 1080. The van der Waals surface area contributed by atoms with Gasteiger partial charge in [-0.3, -0.25) is 4.79 Å². The highest BCUT2D eigenvalue weighted by atomic mass is 32.2. The molecule has 0 unspecified atom stereocenters. The lowest BCUT2D eigenvalue weighted by atomic mass is 10.1. The second-order valence-corrected chi connectivity index (χ2v) is 7.99. The minimum Gasteiger partial charge on any atom is -0.379 e. The van der Waals surface area contributed by atoms with Crippen molar-refractivity contribution in [2.45, 2.75) is 23.6 Å². The molecular formula is C16H12F4N4O4S. The molecule has 1 atom stereocenters. The van der Waals surface area contributed by atoms with Gasteiger partial charge in [-0.15, -0.1) is 0 Å². The molecule has 0 spiro atoms. The molecule has 1 amide bonds. The number of aliphatic hydroxyl groups is 1. The molecule has 8 nitrogen and oxygen atoms in total. The molecule has 154 valence electrons. The monoisotopic (exact) mass is 432 g/mol.